The summed E-state index contributed by atoms with van der Waals surface area (Å²) in [6, 6.07) is 17.6. The summed E-state index contributed by atoms with van der Waals surface area (Å²) in [6.45, 7) is 1.57. The molecule has 0 fully saturated rings. The third kappa shape index (κ3) is 4.56. The highest BCUT2D eigenvalue weighted by molar-refractivity contribution is 7.91. The average Bonchev–Trinajstić information content (AvgIpc) is 3.12. The number of rotatable bonds is 8. The monoisotopic (exact) mass is 386 g/mol. The molecule has 0 radical (unpaired) electrons. The Morgan fingerprint density at radius 1 is 1.00 bits per heavy atom. The molecule has 2 N–H and O–H groups in total. The number of quaternary nitrogens is 1. The molecule has 0 amide bonds. The summed E-state index contributed by atoms with van der Waals surface area (Å²) in [5.41, 5.74) is 0.729. The third-order valence-corrected chi connectivity index (χ3v) is 5.74. The van der Waals surface area contributed by atoms with E-state index in [1.54, 1.807) is 30.3 Å². The van der Waals surface area contributed by atoms with Crippen LogP contribution in [0.3, 0.4) is 0 Å². The van der Waals surface area contributed by atoms with Gasteiger partial charge in [-0.05, 0) is 24.3 Å². The van der Waals surface area contributed by atoms with Gasteiger partial charge in [0.2, 0.25) is 26.6 Å². The summed E-state index contributed by atoms with van der Waals surface area (Å²) in [6.07, 6.45) is 0.883. The van der Waals surface area contributed by atoms with Crippen molar-refractivity contribution in [3.63, 3.8) is 0 Å². The summed E-state index contributed by atoms with van der Waals surface area (Å²) in [7, 11) is 0.370. The van der Waals surface area contributed by atoms with Crippen molar-refractivity contribution in [3.05, 3.63) is 60.7 Å². The number of hydrogen-bond acceptors (Lipinski definition) is 5. The average molecular weight is 386 g/mol. The van der Waals surface area contributed by atoms with Gasteiger partial charge in [0.25, 0.3) is 0 Å². The number of sulfone groups is 1. The number of anilines is 1. The minimum absolute atomic E-state index is 0.0789. The van der Waals surface area contributed by atoms with Gasteiger partial charge in [0, 0.05) is 18.5 Å². The van der Waals surface area contributed by atoms with E-state index in [0.29, 0.717) is 6.54 Å². The first-order valence-corrected chi connectivity index (χ1v) is 10.4. The van der Waals surface area contributed by atoms with Crippen LogP contribution >= 0.6 is 0 Å². The minimum atomic E-state index is -3.78. The Morgan fingerprint density at radius 2 is 1.63 bits per heavy atom. The van der Waals surface area contributed by atoms with Gasteiger partial charge in [0.1, 0.15) is 0 Å². The van der Waals surface area contributed by atoms with Crippen LogP contribution in [0, 0.1) is 0 Å². The Kier molecular flexibility index (Phi) is 5.93. The van der Waals surface area contributed by atoms with Crippen LogP contribution in [0.2, 0.25) is 0 Å². The predicted octanol–water partition coefficient (Wildman–Crippen LogP) is 2.12. The van der Waals surface area contributed by atoms with E-state index >= 15 is 0 Å². The Morgan fingerprint density at radius 3 is 2.26 bits per heavy atom. The Labute approximate surface area is 159 Å². The maximum atomic E-state index is 13.1. The maximum Gasteiger partial charge on any atom is 0.233 e. The zero-order chi connectivity index (χ0) is 19.3. The van der Waals surface area contributed by atoms with Crippen molar-refractivity contribution in [1.29, 1.82) is 0 Å². The second-order valence-corrected chi connectivity index (χ2v) is 8.44. The molecule has 1 heterocycles. The number of hydrogen-bond donors (Lipinski definition) is 2. The van der Waals surface area contributed by atoms with Crippen molar-refractivity contribution >= 4 is 15.7 Å². The molecule has 0 aliphatic carbocycles. The van der Waals surface area contributed by atoms with Gasteiger partial charge in [0.15, 0.2) is 0 Å². The highest BCUT2D eigenvalue weighted by atomic mass is 32.2. The molecule has 0 atom stereocenters. The van der Waals surface area contributed by atoms with E-state index in [-0.39, 0.29) is 21.7 Å². The van der Waals surface area contributed by atoms with Gasteiger partial charge in [-0.3, -0.25) is 0 Å². The van der Waals surface area contributed by atoms with Crippen LogP contribution < -0.4 is 10.2 Å². The van der Waals surface area contributed by atoms with Gasteiger partial charge in [-0.15, -0.1) is 0 Å². The van der Waals surface area contributed by atoms with E-state index < -0.39 is 9.84 Å². The van der Waals surface area contributed by atoms with Crippen molar-refractivity contribution in [2.45, 2.75) is 16.3 Å². The zero-order valence-electron chi connectivity index (χ0n) is 15.5. The highest BCUT2D eigenvalue weighted by Crippen LogP contribution is 2.32. The summed E-state index contributed by atoms with van der Waals surface area (Å²) >= 11 is 0. The second kappa shape index (κ2) is 8.37. The van der Waals surface area contributed by atoms with Gasteiger partial charge in [-0.1, -0.05) is 36.4 Å². The van der Waals surface area contributed by atoms with E-state index in [0.717, 1.165) is 18.5 Å². The van der Waals surface area contributed by atoms with Gasteiger partial charge in [0.05, 0.1) is 25.5 Å². The van der Waals surface area contributed by atoms with Gasteiger partial charge in [-0.2, -0.15) is 4.98 Å². The lowest BCUT2D eigenvalue weighted by molar-refractivity contribution is -0.858. The van der Waals surface area contributed by atoms with Crippen LogP contribution in [0.4, 0.5) is 5.88 Å². The fourth-order valence-corrected chi connectivity index (χ4v) is 3.96. The largest absolute Gasteiger partial charge is 0.419 e. The van der Waals surface area contributed by atoms with Crippen molar-refractivity contribution in [1.82, 2.24) is 4.98 Å². The molecular weight excluding hydrogens is 362 g/mol. The Bertz CT molecular complexity index is 968. The normalized spacial score (nSPS) is 11.7. The molecule has 1 aromatic heterocycles. The van der Waals surface area contributed by atoms with E-state index in [2.05, 4.69) is 24.4 Å². The lowest BCUT2D eigenvalue weighted by atomic mass is 10.2. The molecule has 0 aliphatic rings. The van der Waals surface area contributed by atoms with Crippen LogP contribution in [0.5, 0.6) is 0 Å². The van der Waals surface area contributed by atoms with Gasteiger partial charge < -0.3 is 14.6 Å². The molecule has 0 unspecified atom stereocenters. The van der Waals surface area contributed by atoms with Gasteiger partial charge >= 0.3 is 0 Å². The molecule has 0 saturated carbocycles. The molecule has 3 rings (SSSR count). The van der Waals surface area contributed by atoms with Crippen LogP contribution in [0.1, 0.15) is 6.42 Å². The third-order valence-electron chi connectivity index (χ3n) is 4.06. The number of aromatic nitrogens is 1. The molecule has 0 bridgehead atoms. The number of benzene rings is 2. The number of nitrogens with zero attached hydrogens (tertiary/aromatic N) is 1. The summed E-state index contributed by atoms with van der Waals surface area (Å²) in [5.74, 6) is 0.470. The van der Waals surface area contributed by atoms with E-state index in [9.17, 15) is 8.42 Å². The fourth-order valence-electron chi connectivity index (χ4n) is 2.66. The molecule has 0 saturated heterocycles. The first kappa shape index (κ1) is 19.1. The molecule has 7 heteroatoms. The first-order chi connectivity index (χ1) is 13.0. The maximum absolute atomic E-state index is 13.1. The fraction of sp³-hybridized carbons (Fsp3) is 0.250. The number of nitrogens with one attached hydrogen (secondary N) is 2. The summed E-state index contributed by atoms with van der Waals surface area (Å²) < 4.78 is 32.0. The van der Waals surface area contributed by atoms with Crippen molar-refractivity contribution in [2.75, 3.05) is 32.5 Å². The molecule has 6 nitrogen and oxygen atoms in total. The Balaban J connectivity index is 1.96. The van der Waals surface area contributed by atoms with E-state index in [1.165, 1.54) is 4.90 Å². The summed E-state index contributed by atoms with van der Waals surface area (Å²) in [5, 5.41) is 3.03. The molecule has 0 aliphatic heterocycles. The molecule has 142 valence electrons. The topological polar surface area (TPSA) is 76.6 Å². The minimum Gasteiger partial charge on any atom is -0.419 e. The molecular formula is C20H24N3O3S+. The lowest BCUT2D eigenvalue weighted by Gasteiger charge is -2.08. The standard InChI is InChI=1S/C20H23N3O3S/c1-23(2)15-9-14-21-19-20(27(24,25)17-12-7-4-8-13-17)22-18(26-19)16-10-5-3-6-11-16/h3-8,10-13,21H,9,14-15H2,1-2H3/p+1. The first-order valence-electron chi connectivity index (χ1n) is 8.88. The SMILES string of the molecule is C[NH+](C)CCCNc1oc(-c2ccccc2)nc1S(=O)(=O)c1ccccc1. The highest BCUT2D eigenvalue weighted by Gasteiger charge is 2.28. The molecule has 3 aromatic rings. The second-order valence-electron chi connectivity index (χ2n) is 6.57. The lowest BCUT2D eigenvalue weighted by Crippen LogP contribution is -3.05. The quantitative estimate of drug-likeness (QED) is 0.580. The predicted molar refractivity (Wildman–Crippen MR) is 105 cm³/mol. The van der Waals surface area contributed by atoms with Crippen LogP contribution in [0.15, 0.2) is 75.0 Å². The van der Waals surface area contributed by atoms with Crippen LogP contribution in [0.25, 0.3) is 11.5 Å². The molecule has 27 heavy (non-hydrogen) atoms. The zero-order valence-corrected chi connectivity index (χ0v) is 16.3. The molecule has 0 spiro atoms. The van der Waals surface area contributed by atoms with Gasteiger partial charge in [-0.25, -0.2) is 8.42 Å². The Hall–Kier alpha value is -2.64. The smallest absolute Gasteiger partial charge is 0.233 e. The van der Waals surface area contributed by atoms with Crippen molar-refractivity contribution < 1.29 is 17.7 Å². The number of oxazole rings is 1. The van der Waals surface area contributed by atoms with E-state index in [1.807, 2.05) is 30.3 Å². The van der Waals surface area contributed by atoms with Crippen molar-refractivity contribution in [2.24, 2.45) is 0 Å². The van der Waals surface area contributed by atoms with Crippen LogP contribution in [-0.2, 0) is 9.84 Å². The van der Waals surface area contributed by atoms with Crippen LogP contribution in [-0.4, -0.2) is 40.6 Å². The van der Waals surface area contributed by atoms with Crippen molar-refractivity contribution in [3.8, 4) is 11.5 Å². The van der Waals surface area contributed by atoms with E-state index in [4.69, 9.17) is 4.42 Å². The molecule has 2 aromatic carbocycles. The summed E-state index contributed by atoms with van der Waals surface area (Å²) in [4.78, 5) is 5.84.